The number of nitrogens with one attached hydrogen (secondary N) is 2. The summed E-state index contributed by atoms with van der Waals surface area (Å²) in [4.78, 5) is 15.5. The number of aromatic amines is 2. The van der Waals surface area contributed by atoms with Crippen molar-refractivity contribution in [2.75, 3.05) is 0 Å². The molecule has 3 aromatic heterocycles. The number of hydrogen-bond acceptors (Lipinski definition) is 4. The second-order valence-electron chi connectivity index (χ2n) is 8.06. The Bertz CT molecular complexity index is 1790. The maximum atomic E-state index is 12.0. The van der Waals surface area contributed by atoms with Crippen molar-refractivity contribution in [1.82, 2.24) is 19.9 Å². The quantitative estimate of drug-likeness (QED) is 0.200. The molecule has 0 amide bonds. The van der Waals surface area contributed by atoms with E-state index < -0.39 is 10.1 Å². The van der Waals surface area contributed by atoms with Gasteiger partial charge in [-0.15, -0.1) is 0 Å². The van der Waals surface area contributed by atoms with Crippen LogP contribution in [-0.4, -0.2) is 32.9 Å². The van der Waals surface area contributed by atoms with E-state index in [9.17, 15) is 13.0 Å². The minimum absolute atomic E-state index is 0. The van der Waals surface area contributed by atoms with E-state index in [-0.39, 0.29) is 29.9 Å². The van der Waals surface area contributed by atoms with Crippen molar-refractivity contribution in [2.45, 2.75) is 4.90 Å². The van der Waals surface area contributed by atoms with E-state index >= 15 is 0 Å². The molecular formula is C26H18N4O3SZn. The molecule has 5 heterocycles. The van der Waals surface area contributed by atoms with Gasteiger partial charge in [0.15, 0.2) is 0 Å². The zero-order valence-electron chi connectivity index (χ0n) is 18.4. The summed E-state index contributed by atoms with van der Waals surface area (Å²) >= 11 is 0. The Morgan fingerprint density at radius 1 is 0.657 bits per heavy atom. The molecule has 9 heteroatoms. The smallest absolute Gasteiger partial charge is 0.296 e. The van der Waals surface area contributed by atoms with E-state index in [0.29, 0.717) is 16.9 Å². The first-order chi connectivity index (χ1) is 16.4. The van der Waals surface area contributed by atoms with E-state index in [1.165, 1.54) is 6.07 Å². The van der Waals surface area contributed by atoms with Gasteiger partial charge >= 0.3 is 0 Å². The van der Waals surface area contributed by atoms with E-state index in [1.807, 2.05) is 66.8 Å². The van der Waals surface area contributed by atoms with Gasteiger partial charge in [0.05, 0.1) is 28.3 Å². The Morgan fingerprint density at radius 3 is 1.83 bits per heavy atom. The molecule has 0 spiro atoms. The molecule has 4 aromatic rings. The van der Waals surface area contributed by atoms with Crippen LogP contribution in [0, 0.1) is 0 Å². The molecule has 7 nitrogen and oxygen atoms in total. The first-order valence-corrected chi connectivity index (χ1v) is 12.0. The summed E-state index contributed by atoms with van der Waals surface area (Å²) in [5.74, 6) is 0. The Labute approximate surface area is 213 Å². The molecule has 2 aliphatic heterocycles. The predicted molar refractivity (Wildman–Crippen MR) is 134 cm³/mol. The third-order valence-corrected chi connectivity index (χ3v) is 6.51. The van der Waals surface area contributed by atoms with Crippen LogP contribution in [0.25, 0.3) is 57.5 Å². The third-order valence-electron chi connectivity index (χ3n) is 5.62. The summed E-state index contributed by atoms with van der Waals surface area (Å²) in [5.41, 5.74) is 7.25. The summed E-state index contributed by atoms with van der Waals surface area (Å²) in [7, 11) is -4.44. The average Bonchev–Trinajstić information content (AvgIpc) is 3.58. The zero-order chi connectivity index (χ0) is 23.3. The fourth-order valence-electron chi connectivity index (χ4n) is 4.14. The molecule has 0 atom stereocenters. The van der Waals surface area contributed by atoms with Crippen LogP contribution in [0.4, 0.5) is 0 Å². The van der Waals surface area contributed by atoms with Gasteiger partial charge in [-0.3, -0.25) is 4.55 Å². The summed E-state index contributed by atoms with van der Waals surface area (Å²) in [6, 6.07) is 20.6. The van der Waals surface area contributed by atoms with Crippen molar-refractivity contribution in [2.24, 2.45) is 0 Å². The van der Waals surface area contributed by atoms with Crippen LogP contribution in [0.3, 0.4) is 0 Å². The Hall–Kier alpha value is -3.65. The first kappa shape index (κ1) is 23.1. The van der Waals surface area contributed by atoms with Gasteiger partial charge in [-0.25, -0.2) is 9.97 Å². The van der Waals surface area contributed by atoms with E-state index in [2.05, 4.69) is 19.9 Å². The molecule has 1 aromatic carbocycles. The number of nitrogens with zero attached hydrogens (tertiary/aromatic N) is 2. The molecule has 3 N–H and O–H groups in total. The second-order valence-corrected chi connectivity index (χ2v) is 9.45. The van der Waals surface area contributed by atoms with Crippen molar-refractivity contribution in [3.63, 3.8) is 0 Å². The summed E-state index contributed by atoms with van der Waals surface area (Å²) in [6.45, 7) is 0. The van der Waals surface area contributed by atoms with Crippen LogP contribution in [-0.2, 0) is 29.6 Å². The third kappa shape index (κ3) is 4.66. The van der Waals surface area contributed by atoms with Gasteiger partial charge in [0, 0.05) is 41.6 Å². The maximum absolute atomic E-state index is 12.0. The molecule has 0 saturated carbocycles. The number of fused-ring (bicyclic) bond motifs is 8. The molecule has 8 bridgehead atoms. The number of hydrogen-bond donors (Lipinski definition) is 3. The monoisotopic (exact) mass is 530 g/mol. The zero-order valence-corrected chi connectivity index (χ0v) is 22.2. The molecular weight excluding hydrogens is 514 g/mol. The first-order valence-electron chi connectivity index (χ1n) is 10.6. The van der Waals surface area contributed by atoms with Crippen molar-refractivity contribution < 1.29 is 32.4 Å². The van der Waals surface area contributed by atoms with Crippen LogP contribution >= 0.6 is 0 Å². The van der Waals surface area contributed by atoms with Gasteiger partial charge in [-0.1, -0.05) is 30.3 Å². The maximum Gasteiger partial charge on any atom is 0.296 e. The van der Waals surface area contributed by atoms with Crippen LogP contribution in [0.2, 0.25) is 0 Å². The molecule has 0 unspecified atom stereocenters. The van der Waals surface area contributed by atoms with Crippen LogP contribution in [0.5, 0.6) is 0 Å². The minimum Gasteiger partial charge on any atom is -0.355 e. The van der Waals surface area contributed by atoms with Gasteiger partial charge in [-0.05, 0) is 66.3 Å². The van der Waals surface area contributed by atoms with Crippen LogP contribution in [0.15, 0.2) is 71.6 Å². The average molecular weight is 532 g/mol. The molecule has 0 fully saturated rings. The normalized spacial score (nSPS) is 12.5. The molecule has 6 rings (SSSR count). The fraction of sp³-hybridized carbons (Fsp3) is 0. The van der Waals surface area contributed by atoms with Crippen LogP contribution in [0.1, 0.15) is 22.8 Å². The SMILES string of the molecule is O=S(=O)(O)c1cc2cc3cc(-c4ccccc4)c(cc4nc(cc5nc(cc1[nH]2)C=C5)C=C4)[nH]3.[Zn]. The minimum atomic E-state index is -4.44. The summed E-state index contributed by atoms with van der Waals surface area (Å²) in [6.07, 6.45) is 7.48. The van der Waals surface area contributed by atoms with Gasteiger partial charge in [-0.2, -0.15) is 8.42 Å². The number of aromatic nitrogens is 4. The van der Waals surface area contributed by atoms with Crippen molar-refractivity contribution >= 4 is 56.5 Å². The predicted octanol–water partition coefficient (Wildman–Crippen LogP) is 5.57. The molecule has 0 aliphatic carbocycles. The summed E-state index contributed by atoms with van der Waals surface area (Å²) < 4.78 is 33.9. The van der Waals surface area contributed by atoms with Crippen molar-refractivity contribution in [3.05, 3.63) is 89.5 Å². The van der Waals surface area contributed by atoms with Gasteiger partial charge in [0.1, 0.15) is 4.90 Å². The molecule has 35 heavy (non-hydrogen) atoms. The van der Waals surface area contributed by atoms with Crippen molar-refractivity contribution in [1.29, 1.82) is 0 Å². The number of rotatable bonds is 2. The largest absolute Gasteiger partial charge is 0.355 e. The topological polar surface area (TPSA) is 112 Å². The Morgan fingerprint density at radius 2 is 1.20 bits per heavy atom. The van der Waals surface area contributed by atoms with Gasteiger partial charge in [0.2, 0.25) is 0 Å². The van der Waals surface area contributed by atoms with Crippen molar-refractivity contribution in [3.8, 4) is 11.1 Å². The second kappa shape index (κ2) is 8.85. The molecule has 168 valence electrons. The Kier molecular flexibility index (Phi) is 5.85. The van der Waals surface area contributed by atoms with Crippen LogP contribution < -0.4 is 0 Å². The standard InChI is InChI=1S/C26H18N4O3S.Zn/c31-34(32,33)26-15-22-11-21-12-23(16-4-2-1-3-5-16)24(29-21)13-19-8-6-17(27-19)10-18-7-9-20(28-18)14-25(26)30-22;/h1-15,29-30H,(H,31,32,33);. The molecule has 0 radical (unpaired) electrons. The molecule has 0 saturated heterocycles. The van der Waals surface area contributed by atoms with E-state index in [1.54, 1.807) is 18.2 Å². The van der Waals surface area contributed by atoms with E-state index in [0.717, 1.165) is 33.5 Å². The number of H-pyrrole nitrogens is 2. The Balaban J connectivity index is 0.00000253. The summed E-state index contributed by atoms with van der Waals surface area (Å²) in [5, 5.41) is 0. The van der Waals surface area contributed by atoms with Gasteiger partial charge in [0.25, 0.3) is 10.1 Å². The number of benzene rings is 1. The van der Waals surface area contributed by atoms with Gasteiger partial charge < -0.3 is 9.97 Å². The molecule has 2 aliphatic rings. The fourth-order valence-corrected chi connectivity index (χ4v) is 4.80. The van der Waals surface area contributed by atoms with E-state index in [4.69, 9.17) is 0 Å².